The number of rotatable bonds is 8. The van der Waals surface area contributed by atoms with E-state index in [0.29, 0.717) is 31.2 Å². The molecule has 3 aromatic heterocycles. The first kappa shape index (κ1) is 18.6. The van der Waals surface area contributed by atoms with Gasteiger partial charge in [0.15, 0.2) is 4.34 Å². The van der Waals surface area contributed by atoms with E-state index in [1.165, 1.54) is 11.8 Å². The summed E-state index contributed by atoms with van der Waals surface area (Å²) in [5, 5.41) is 3.94. The number of hydrogen-bond donors (Lipinski definition) is 0. The van der Waals surface area contributed by atoms with E-state index in [-0.39, 0.29) is 11.7 Å². The Morgan fingerprint density at radius 2 is 2.11 bits per heavy atom. The summed E-state index contributed by atoms with van der Waals surface area (Å²) in [4.78, 5) is 24.8. The zero-order valence-corrected chi connectivity index (χ0v) is 16.4. The number of ether oxygens (including phenoxy) is 1. The first-order valence-electron chi connectivity index (χ1n) is 8.65. The van der Waals surface area contributed by atoms with E-state index < -0.39 is 0 Å². The molecule has 0 spiro atoms. The molecule has 7 nitrogen and oxygen atoms in total. The predicted octanol–water partition coefficient (Wildman–Crippen LogP) is 4.01. The van der Waals surface area contributed by atoms with Gasteiger partial charge in [-0.3, -0.25) is 9.78 Å². The minimum atomic E-state index is -0.258. The second-order valence-electron chi connectivity index (χ2n) is 5.81. The van der Waals surface area contributed by atoms with E-state index in [0.717, 1.165) is 20.1 Å². The molecule has 0 fully saturated rings. The van der Waals surface area contributed by atoms with E-state index in [9.17, 15) is 4.79 Å². The number of thiazole rings is 1. The van der Waals surface area contributed by atoms with Crippen LogP contribution in [0.4, 0.5) is 0 Å². The van der Waals surface area contributed by atoms with Crippen LogP contribution in [0.15, 0.2) is 57.7 Å². The summed E-state index contributed by atoms with van der Waals surface area (Å²) in [5.74, 6) is 1.00. The van der Waals surface area contributed by atoms with Crippen molar-refractivity contribution < 1.29 is 14.1 Å². The number of pyridine rings is 1. The first-order chi connectivity index (χ1) is 13.8. The molecule has 4 rings (SSSR count). The molecule has 0 saturated carbocycles. The van der Waals surface area contributed by atoms with Crippen molar-refractivity contribution in [1.29, 1.82) is 0 Å². The topological polar surface area (TPSA) is 91.0 Å². The third-order valence-corrected chi connectivity index (χ3v) is 5.93. The number of esters is 1. The number of nitrogens with zero attached hydrogens (tertiary/aromatic N) is 4. The maximum atomic E-state index is 11.9. The fraction of sp³-hybridized carbons (Fsp3) is 0.211. The highest BCUT2D eigenvalue weighted by Gasteiger charge is 2.10. The molecule has 1 aromatic carbocycles. The van der Waals surface area contributed by atoms with E-state index in [1.807, 2.05) is 36.4 Å². The van der Waals surface area contributed by atoms with E-state index in [2.05, 4.69) is 20.1 Å². The summed E-state index contributed by atoms with van der Waals surface area (Å²) < 4.78 is 12.5. The lowest BCUT2D eigenvalue weighted by molar-refractivity contribution is -0.140. The van der Waals surface area contributed by atoms with E-state index in [4.69, 9.17) is 9.26 Å². The Labute approximate surface area is 169 Å². The Bertz CT molecular complexity index is 1030. The SMILES string of the molecule is O=C(CSc1nc2ccccc2s1)OCCCc1nc(-c2cccnc2)no1. The summed E-state index contributed by atoms with van der Waals surface area (Å²) >= 11 is 2.97. The Morgan fingerprint density at radius 1 is 1.18 bits per heavy atom. The highest BCUT2D eigenvalue weighted by Crippen LogP contribution is 2.29. The van der Waals surface area contributed by atoms with Gasteiger partial charge in [0.25, 0.3) is 0 Å². The van der Waals surface area contributed by atoms with Crippen LogP contribution in [0.2, 0.25) is 0 Å². The average Bonchev–Trinajstić information content (AvgIpc) is 3.37. The van der Waals surface area contributed by atoms with Crippen LogP contribution in [0.1, 0.15) is 12.3 Å². The monoisotopic (exact) mass is 412 g/mol. The standard InChI is InChI=1S/C19H16N4O3S2/c24-17(12-27-19-21-14-6-1-2-7-15(14)28-19)25-10-4-8-16-22-18(23-26-16)13-5-3-9-20-11-13/h1-3,5-7,9,11H,4,8,10,12H2. The molecule has 0 aliphatic heterocycles. The fourth-order valence-corrected chi connectivity index (χ4v) is 4.32. The smallest absolute Gasteiger partial charge is 0.316 e. The van der Waals surface area contributed by atoms with Gasteiger partial charge in [-0.2, -0.15) is 4.98 Å². The zero-order valence-electron chi connectivity index (χ0n) is 14.8. The largest absolute Gasteiger partial charge is 0.465 e. The van der Waals surface area contributed by atoms with Crippen LogP contribution in [0.25, 0.3) is 21.6 Å². The molecule has 9 heteroatoms. The lowest BCUT2D eigenvalue weighted by Crippen LogP contribution is -2.09. The molecule has 0 N–H and O–H groups in total. The number of benzene rings is 1. The summed E-state index contributed by atoms with van der Waals surface area (Å²) in [5.41, 5.74) is 1.75. The van der Waals surface area contributed by atoms with Crippen LogP contribution in [0.5, 0.6) is 0 Å². The summed E-state index contributed by atoms with van der Waals surface area (Å²) in [6.07, 6.45) is 4.53. The van der Waals surface area contributed by atoms with Crippen LogP contribution in [-0.2, 0) is 16.0 Å². The lowest BCUT2D eigenvalue weighted by atomic mass is 10.3. The molecule has 0 aliphatic rings. The van der Waals surface area contributed by atoms with Gasteiger partial charge in [0.2, 0.25) is 11.7 Å². The maximum absolute atomic E-state index is 11.9. The summed E-state index contributed by atoms with van der Waals surface area (Å²) in [7, 11) is 0. The highest BCUT2D eigenvalue weighted by atomic mass is 32.2. The predicted molar refractivity (Wildman–Crippen MR) is 107 cm³/mol. The normalized spacial score (nSPS) is 11.0. The molecule has 0 amide bonds. The molecule has 0 radical (unpaired) electrons. The van der Waals surface area contributed by atoms with Crippen molar-refractivity contribution in [1.82, 2.24) is 20.1 Å². The van der Waals surface area contributed by atoms with Crippen LogP contribution >= 0.6 is 23.1 Å². The minimum Gasteiger partial charge on any atom is -0.465 e. The number of thioether (sulfide) groups is 1. The van der Waals surface area contributed by atoms with Gasteiger partial charge in [-0.05, 0) is 30.7 Å². The Morgan fingerprint density at radius 3 is 2.96 bits per heavy atom. The second kappa shape index (κ2) is 8.94. The van der Waals surface area contributed by atoms with Gasteiger partial charge in [-0.1, -0.05) is 29.1 Å². The summed E-state index contributed by atoms with van der Waals surface area (Å²) in [6.45, 7) is 0.309. The van der Waals surface area contributed by atoms with E-state index in [1.54, 1.807) is 23.7 Å². The van der Waals surface area contributed by atoms with Gasteiger partial charge in [0, 0.05) is 24.4 Å². The van der Waals surface area contributed by atoms with Gasteiger partial charge >= 0.3 is 5.97 Å². The maximum Gasteiger partial charge on any atom is 0.316 e. The molecule has 3 heterocycles. The number of carbonyl (C=O) groups is 1. The van der Waals surface area contributed by atoms with Gasteiger partial charge in [0.1, 0.15) is 0 Å². The van der Waals surface area contributed by atoms with Gasteiger partial charge < -0.3 is 9.26 Å². The number of carbonyl (C=O) groups excluding carboxylic acids is 1. The molecule has 0 unspecified atom stereocenters. The number of aryl methyl sites for hydroxylation is 1. The van der Waals surface area contributed by atoms with Crippen LogP contribution < -0.4 is 0 Å². The molecule has 4 aromatic rings. The van der Waals surface area contributed by atoms with Crippen molar-refractivity contribution in [3.8, 4) is 11.4 Å². The lowest BCUT2D eigenvalue weighted by Gasteiger charge is -2.02. The Kier molecular flexibility index (Phi) is 5.93. The number of fused-ring (bicyclic) bond motifs is 1. The quantitative estimate of drug-likeness (QED) is 0.244. The Hall–Kier alpha value is -2.78. The van der Waals surface area contributed by atoms with Gasteiger partial charge in [-0.15, -0.1) is 11.3 Å². The molecule has 0 bridgehead atoms. The molecular formula is C19H16N4O3S2. The van der Waals surface area contributed by atoms with Crippen molar-refractivity contribution >= 4 is 39.3 Å². The summed E-state index contributed by atoms with van der Waals surface area (Å²) in [6, 6.07) is 11.6. The van der Waals surface area contributed by atoms with Crippen molar-refractivity contribution in [2.24, 2.45) is 0 Å². The highest BCUT2D eigenvalue weighted by molar-refractivity contribution is 8.01. The van der Waals surface area contributed by atoms with Crippen molar-refractivity contribution in [3.63, 3.8) is 0 Å². The third kappa shape index (κ3) is 4.73. The number of para-hydroxylation sites is 1. The van der Waals surface area contributed by atoms with Gasteiger partial charge in [-0.25, -0.2) is 4.98 Å². The minimum absolute atomic E-state index is 0.242. The van der Waals surface area contributed by atoms with Gasteiger partial charge in [0.05, 0.1) is 22.6 Å². The zero-order chi connectivity index (χ0) is 19.2. The third-order valence-electron chi connectivity index (χ3n) is 3.77. The van der Waals surface area contributed by atoms with Crippen LogP contribution in [0.3, 0.4) is 0 Å². The second-order valence-corrected chi connectivity index (χ2v) is 8.07. The average molecular weight is 412 g/mol. The molecular weight excluding hydrogens is 396 g/mol. The molecule has 142 valence electrons. The van der Waals surface area contributed by atoms with Crippen molar-refractivity contribution in [2.45, 2.75) is 17.2 Å². The first-order valence-corrected chi connectivity index (χ1v) is 10.4. The van der Waals surface area contributed by atoms with E-state index >= 15 is 0 Å². The fourth-order valence-electron chi connectivity index (χ4n) is 2.45. The number of aromatic nitrogens is 4. The molecule has 0 aliphatic carbocycles. The van der Waals surface area contributed by atoms with Crippen molar-refractivity contribution in [2.75, 3.05) is 12.4 Å². The number of hydrogen-bond acceptors (Lipinski definition) is 9. The van der Waals surface area contributed by atoms with Crippen LogP contribution in [-0.4, -0.2) is 38.4 Å². The van der Waals surface area contributed by atoms with Crippen LogP contribution in [0, 0.1) is 0 Å². The molecule has 28 heavy (non-hydrogen) atoms. The Balaban J connectivity index is 1.18. The molecule has 0 saturated heterocycles. The van der Waals surface area contributed by atoms with Crippen molar-refractivity contribution in [3.05, 3.63) is 54.7 Å². The molecule has 0 atom stereocenters.